The molecule has 0 saturated carbocycles. The fourth-order valence-corrected chi connectivity index (χ4v) is 2.84. The quantitative estimate of drug-likeness (QED) is 0.852. The van der Waals surface area contributed by atoms with Gasteiger partial charge in [0, 0.05) is 10.0 Å². The molecule has 1 atom stereocenters. The van der Waals surface area contributed by atoms with Crippen molar-refractivity contribution in [3.63, 3.8) is 0 Å². The molecule has 108 valence electrons. The van der Waals surface area contributed by atoms with E-state index in [0.717, 1.165) is 10.0 Å². The first-order valence-electron chi connectivity index (χ1n) is 6.53. The van der Waals surface area contributed by atoms with Crippen LogP contribution in [0.25, 0.3) is 0 Å². The van der Waals surface area contributed by atoms with Crippen LogP contribution in [0.2, 0.25) is 0 Å². The second-order valence-electron chi connectivity index (χ2n) is 4.65. The molecule has 1 amide bonds. The Labute approximate surface area is 131 Å². The standard InChI is InChI=1S/C16H14BrNO3/c1-20-14-8-3-2-7-13(14)18-15(19)10-21-16(18)11-5-4-6-12(17)9-11/h2-9,16H,10H2,1H3. The molecule has 1 fully saturated rings. The Morgan fingerprint density at radius 2 is 2.05 bits per heavy atom. The van der Waals surface area contributed by atoms with Crippen molar-refractivity contribution in [3.05, 3.63) is 58.6 Å². The number of halogens is 1. The lowest BCUT2D eigenvalue weighted by atomic mass is 10.1. The lowest BCUT2D eigenvalue weighted by Crippen LogP contribution is -2.28. The van der Waals surface area contributed by atoms with Crippen molar-refractivity contribution in [3.8, 4) is 5.75 Å². The Morgan fingerprint density at radius 1 is 1.24 bits per heavy atom. The normalized spacial score (nSPS) is 18.1. The van der Waals surface area contributed by atoms with Crippen molar-refractivity contribution < 1.29 is 14.3 Å². The molecule has 1 aliphatic heterocycles. The Morgan fingerprint density at radius 3 is 2.81 bits per heavy atom. The van der Waals surface area contributed by atoms with Crippen LogP contribution in [-0.2, 0) is 9.53 Å². The lowest BCUT2D eigenvalue weighted by molar-refractivity contribution is -0.117. The third kappa shape index (κ3) is 2.66. The van der Waals surface area contributed by atoms with Gasteiger partial charge in [0.25, 0.3) is 5.91 Å². The summed E-state index contributed by atoms with van der Waals surface area (Å²) in [6.45, 7) is 0.0647. The highest BCUT2D eigenvalue weighted by Crippen LogP contribution is 2.38. The van der Waals surface area contributed by atoms with Crippen LogP contribution in [0, 0.1) is 0 Å². The Hall–Kier alpha value is -1.85. The van der Waals surface area contributed by atoms with Crippen molar-refractivity contribution in [1.82, 2.24) is 0 Å². The maximum atomic E-state index is 12.2. The van der Waals surface area contributed by atoms with E-state index in [1.807, 2.05) is 48.5 Å². The fourth-order valence-electron chi connectivity index (χ4n) is 2.42. The lowest BCUT2D eigenvalue weighted by Gasteiger charge is -2.25. The van der Waals surface area contributed by atoms with Crippen LogP contribution >= 0.6 is 15.9 Å². The SMILES string of the molecule is COc1ccccc1N1C(=O)COC1c1cccc(Br)c1. The first-order valence-corrected chi connectivity index (χ1v) is 7.32. The van der Waals surface area contributed by atoms with E-state index in [1.165, 1.54) is 0 Å². The molecular weight excluding hydrogens is 334 g/mol. The van der Waals surface area contributed by atoms with Gasteiger partial charge in [-0.15, -0.1) is 0 Å². The molecule has 1 aliphatic rings. The van der Waals surface area contributed by atoms with Crippen molar-refractivity contribution in [2.75, 3.05) is 18.6 Å². The third-order valence-corrected chi connectivity index (χ3v) is 3.84. The molecule has 21 heavy (non-hydrogen) atoms. The van der Waals surface area contributed by atoms with Gasteiger partial charge >= 0.3 is 0 Å². The average Bonchev–Trinajstić information content (AvgIpc) is 2.89. The molecule has 1 heterocycles. The Kier molecular flexibility index (Phi) is 3.94. The number of hydrogen-bond donors (Lipinski definition) is 0. The predicted molar refractivity (Wildman–Crippen MR) is 83.3 cm³/mol. The zero-order valence-corrected chi connectivity index (χ0v) is 13.0. The van der Waals surface area contributed by atoms with E-state index < -0.39 is 6.23 Å². The summed E-state index contributed by atoms with van der Waals surface area (Å²) in [5.74, 6) is 0.570. The number of amides is 1. The summed E-state index contributed by atoms with van der Waals surface area (Å²) in [5.41, 5.74) is 1.63. The summed E-state index contributed by atoms with van der Waals surface area (Å²) >= 11 is 3.44. The van der Waals surface area contributed by atoms with Gasteiger partial charge in [0.2, 0.25) is 0 Å². The molecule has 4 nitrogen and oxygen atoms in total. The molecular formula is C16H14BrNO3. The van der Waals surface area contributed by atoms with Crippen LogP contribution in [-0.4, -0.2) is 19.6 Å². The van der Waals surface area contributed by atoms with Gasteiger partial charge in [-0.1, -0.05) is 40.2 Å². The summed E-state index contributed by atoms with van der Waals surface area (Å²) in [4.78, 5) is 13.9. The smallest absolute Gasteiger partial charge is 0.255 e. The van der Waals surface area contributed by atoms with E-state index in [2.05, 4.69) is 15.9 Å². The largest absolute Gasteiger partial charge is 0.495 e. The fraction of sp³-hybridized carbons (Fsp3) is 0.188. The van der Waals surface area contributed by atoms with Crippen molar-refractivity contribution in [2.45, 2.75) is 6.23 Å². The van der Waals surface area contributed by atoms with Gasteiger partial charge in [0.05, 0.1) is 12.8 Å². The van der Waals surface area contributed by atoms with E-state index in [0.29, 0.717) is 11.4 Å². The van der Waals surface area contributed by atoms with Crippen molar-refractivity contribution in [2.24, 2.45) is 0 Å². The van der Waals surface area contributed by atoms with E-state index in [1.54, 1.807) is 12.0 Å². The molecule has 0 radical (unpaired) electrons. The Bertz CT molecular complexity index is 674. The van der Waals surface area contributed by atoms with E-state index in [4.69, 9.17) is 9.47 Å². The number of rotatable bonds is 3. The van der Waals surface area contributed by atoms with Gasteiger partial charge in [0.15, 0.2) is 6.23 Å². The van der Waals surface area contributed by atoms with Crippen LogP contribution in [0.4, 0.5) is 5.69 Å². The van der Waals surface area contributed by atoms with Gasteiger partial charge in [0.1, 0.15) is 12.4 Å². The monoisotopic (exact) mass is 347 g/mol. The maximum absolute atomic E-state index is 12.2. The topological polar surface area (TPSA) is 38.8 Å². The number of carbonyl (C=O) groups is 1. The molecule has 0 N–H and O–H groups in total. The summed E-state index contributed by atoms with van der Waals surface area (Å²) < 4.78 is 12.0. The summed E-state index contributed by atoms with van der Waals surface area (Å²) in [5, 5.41) is 0. The van der Waals surface area contributed by atoms with Crippen LogP contribution in [0.5, 0.6) is 5.75 Å². The maximum Gasteiger partial charge on any atom is 0.255 e. The van der Waals surface area contributed by atoms with E-state index in [9.17, 15) is 4.79 Å². The van der Waals surface area contributed by atoms with Crippen LogP contribution in [0.15, 0.2) is 53.0 Å². The minimum Gasteiger partial charge on any atom is -0.495 e. The van der Waals surface area contributed by atoms with Crippen LogP contribution in [0.1, 0.15) is 11.8 Å². The number of hydrogen-bond acceptors (Lipinski definition) is 3. The van der Waals surface area contributed by atoms with E-state index in [-0.39, 0.29) is 12.5 Å². The predicted octanol–water partition coefficient (Wildman–Crippen LogP) is 3.52. The number of benzene rings is 2. The van der Waals surface area contributed by atoms with Crippen molar-refractivity contribution >= 4 is 27.5 Å². The first-order chi connectivity index (χ1) is 10.2. The zero-order chi connectivity index (χ0) is 14.8. The summed E-state index contributed by atoms with van der Waals surface area (Å²) in [6.07, 6.45) is -0.439. The van der Waals surface area contributed by atoms with Gasteiger partial charge in [-0.3, -0.25) is 9.69 Å². The number of methoxy groups -OCH3 is 1. The van der Waals surface area contributed by atoms with Crippen LogP contribution in [0.3, 0.4) is 0 Å². The van der Waals surface area contributed by atoms with E-state index >= 15 is 0 Å². The highest BCUT2D eigenvalue weighted by molar-refractivity contribution is 9.10. The number of carbonyl (C=O) groups excluding carboxylic acids is 1. The Balaban J connectivity index is 2.04. The molecule has 0 aliphatic carbocycles. The van der Waals surface area contributed by atoms with Gasteiger partial charge < -0.3 is 9.47 Å². The highest BCUT2D eigenvalue weighted by atomic mass is 79.9. The van der Waals surface area contributed by atoms with Crippen molar-refractivity contribution in [1.29, 1.82) is 0 Å². The minimum absolute atomic E-state index is 0.0647. The summed E-state index contributed by atoms with van der Waals surface area (Å²) in [6, 6.07) is 15.2. The third-order valence-electron chi connectivity index (χ3n) is 3.35. The first kappa shape index (κ1) is 14.1. The molecule has 0 spiro atoms. The number of para-hydroxylation sites is 2. The number of anilines is 1. The number of ether oxygens (including phenoxy) is 2. The second-order valence-corrected chi connectivity index (χ2v) is 5.57. The molecule has 2 aromatic rings. The number of nitrogens with zero attached hydrogens (tertiary/aromatic N) is 1. The van der Waals surface area contributed by atoms with Gasteiger partial charge in [-0.05, 0) is 24.3 Å². The van der Waals surface area contributed by atoms with Gasteiger partial charge in [-0.2, -0.15) is 0 Å². The zero-order valence-electron chi connectivity index (χ0n) is 11.5. The average molecular weight is 348 g/mol. The molecule has 3 rings (SSSR count). The second kappa shape index (κ2) is 5.87. The molecule has 0 aromatic heterocycles. The minimum atomic E-state index is -0.439. The van der Waals surface area contributed by atoms with Gasteiger partial charge in [-0.25, -0.2) is 0 Å². The molecule has 1 saturated heterocycles. The molecule has 5 heteroatoms. The highest BCUT2D eigenvalue weighted by Gasteiger charge is 2.35. The molecule has 0 bridgehead atoms. The van der Waals surface area contributed by atoms with Crippen LogP contribution < -0.4 is 9.64 Å². The molecule has 2 aromatic carbocycles. The summed E-state index contributed by atoms with van der Waals surface area (Å²) in [7, 11) is 1.59. The molecule has 1 unspecified atom stereocenters.